The Labute approximate surface area is 97.6 Å². The summed E-state index contributed by atoms with van der Waals surface area (Å²) in [6.07, 6.45) is 4.72. The molecule has 1 aromatic rings. The molecule has 4 heteroatoms. The standard InChI is InChI=1S/C11H14BrNO2/c1-8-11(14,2-3-15-8)5-9-4-10(12)7-13-6-9/h4,6-8,14H,2-3,5H2,1H3. The number of pyridine rings is 1. The van der Waals surface area contributed by atoms with Gasteiger partial charge in [-0.15, -0.1) is 0 Å². The van der Waals surface area contributed by atoms with Crippen molar-refractivity contribution in [3.63, 3.8) is 0 Å². The molecule has 2 unspecified atom stereocenters. The summed E-state index contributed by atoms with van der Waals surface area (Å²) in [4.78, 5) is 4.08. The second kappa shape index (κ2) is 4.20. The maximum absolute atomic E-state index is 10.3. The molecule has 0 amide bonds. The number of hydrogen-bond acceptors (Lipinski definition) is 3. The Morgan fingerprint density at radius 3 is 3.07 bits per heavy atom. The second-order valence-corrected chi connectivity index (χ2v) is 4.97. The summed E-state index contributed by atoms with van der Waals surface area (Å²) in [6, 6.07) is 1.98. The number of ether oxygens (including phenoxy) is 1. The molecule has 3 nitrogen and oxygen atoms in total. The Bertz CT molecular complexity index is 358. The van der Waals surface area contributed by atoms with Crippen LogP contribution in [0.25, 0.3) is 0 Å². The van der Waals surface area contributed by atoms with Gasteiger partial charge in [0.2, 0.25) is 0 Å². The number of aliphatic hydroxyl groups is 1. The fourth-order valence-electron chi connectivity index (χ4n) is 1.91. The van der Waals surface area contributed by atoms with Crippen molar-refractivity contribution < 1.29 is 9.84 Å². The molecule has 0 radical (unpaired) electrons. The lowest BCUT2D eigenvalue weighted by Gasteiger charge is -2.25. The van der Waals surface area contributed by atoms with Gasteiger partial charge < -0.3 is 9.84 Å². The number of halogens is 1. The fourth-order valence-corrected chi connectivity index (χ4v) is 2.32. The van der Waals surface area contributed by atoms with Gasteiger partial charge >= 0.3 is 0 Å². The molecule has 0 aromatic carbocycles. The van der Waals surface area contributed by atoms with E-state index in [0.29, 0.717) is 19.4 Å². The van der Waals surface area contributed by atoms with Gasteiger partial charge in [0.25, 0.3) is 0 Å². The first-order valence-electron chi connectivity index (χ1n) is 5.03. The van der Waals surface area contributed by atoms with E-state index in [-0.39, 0.29) is 6.10 Å². The lowest BCUT2D eigenvalue weighted by atomic mass is 9.89. The Balaban J connectivity index is 2.14. The van der Waals surface area contributed by atoms with Gasteiger partial charge in [-0.1, -0.05) is 0 Å². The summed E-state index contributed by atoms with van der Waals surface area (Å²) in [6.45, 7) is 2.55. The summed E-state index contributed by atoms with van der Waals surface area (Å²) >= 11 is 3.37. The summed E-state index contributed by atoms with van der Waals surface area (Å²) in [7, 11) is 0. The summed E-state index contributed by atoms with van der Waals surface area (Å²) in [5.74, 6) is 0. The normalized spacial score (nSPS) is 30.7. The molecule has 82 valence electrons. The molecule has 15 heavy (non-hydrogen) atoms. The molecular formula is C11H14BrNO2. The average molecular weight is 272 g/mol. The molecule has 1 fully saturated rings. The fraction of sp³-hybridized carbons (Fsp3) is 0.545. The van der Waals surface area contributed by atoms with Crippen LogP contribution in [0.2, 0.25) is 0 Å². The largest absolute Gasteiger partial charge is 0.387 e. The number of aromatic nitrogens is 1. The van der Waals surface area contributed by atoms with E-state index in [2.05, 4.69) is 20.9 Å². The number of hydrogen-bond donors (Lipinski definition) is 1. The quantitative estimate of drug-likeness (QED) is 0.894. The minimum atomic E-state index is -0.734. The van der Waals surface area contributed by atoms with Gasteiger partial charge in [-0.2, -0.15) is 0 Å². The summed E-state index contributed by atoms with van der Waals surface area (Å²) in [5, 5.41) is 10.3. The van der Waals surface area contributed by atoms with Crippen molar-refractivity contribution in [2.45, 2.75) is 31.5 Å². The van der Waals surface area contributed by atoms with Crippen LogP contribution < -0.4 is 0 Å². The zero-order chi connectivity index (χ0) is 10.9. The SMILES string of the molecule is CC1OCCC1(O)Cc1cncc(Br)c1. The zero-order valence-corrected chi connectivity index (χ0v) is 10.2. The molecule has 1 aromatic heterocycles. The number of nitrogens with zero attached hydrogens (tertiary/aromatic N) is 1. The van der Waals surface area contributed by atoms with Crippen LogP contribution in [0.3, 0.4) is 0 Å². The van der Waals surface area contributed by atoms with Crippen molar-refractivity contribution in [2.24, 2.45) is 0 Å². The van der Waals surface area contributed by atoms with E-state index in [9.17, 15) is 5.11 Å². The van der Waals surface area contributed by atoms with E-state index < -0.39 is 5.60 Å². The lowest BCUT2D eigenvalue weighted by Crippen LogP contribution is -2.38. The first kappa shape index (κ1) is 11.0. The van der Waals surface area contributed by atoms with Crippen molar-refractivity contribution in [3.05, 3.63) is 28.5 Å². The molecule has 0 saturated carbocycles. The van der Waals surface area contributed by atoms with Crippen LogP contribution in [0.4, 0.5) is 0 Å². The molecule has 1 saturated heterocycles. The van der Waals surface area contributed by atoms with Crippen LogP contribution in [-0.4, -0.2) is 28.4 Å². The predicted molar refractivity (Wildman–Crippen MR) is 60.6 cm³/mol. The van der Waals surface area contributed by atoms with Crippen LogP contribution in [0.15, 0.2) is 22.9 Å². The van der Waals surface area contributed by atoms with Crippen molar-refractivity contribution >= 4 is 15.9 Å². The van der Waals surface area contributed by atoms with E-state index in [4.69, 9.17) is 4.74 Å². The minimum absolute atomic E-state index is 0.100. The molecule has 2 atom stereocenters. The molecule has 2 rings (SSSR count). The van der Waals surface area contributed by atoms with Gasteiger partial charge in [-0.05, 0) is 34.5 Å². The maximum Gasteiger partial charge on any atom is 0.0967 e. The first-order valence-corrected chi connectivity index (χ1v) is 5.83. The summed E-state index contributed by atoms with van der Waals surface area (Å²) < 4.78 is 6.33. The van der Waals surface area contributed by atoms with Crippen LogP contribution in [0.1, 0.15) is 18.9 Å². The molecule has 0 aliphatic carbocycles. The van der Waals surface area contributed by atoms with E-state index in [0.717, 1.165) is 10.0 Å². The molecule has 1 N–H and O–H groups in total. The molecule has 0 spiro atoms. The van der Waals surface area contributed by atoms with Crippen molar-refractivity contribution in [2.75, 3.05) is 6.61 Å². The van der Waals surface area contributed by atoms with Crippen LogP contribution in [-0.2, 0) is 11.2 Å². The average Bonchev–Trinajstić information content (AvgIpc) is 2.47. The maximum atomic E-state index is 10.3. The van der Waals surface area contributed by atoms with Crippen LogP contribution >= 0.6 is 15.9 Å². The van der Waals surface area contributed by atoms with Gasteiger partial charge in [-0.3, -0.25) is 4.98 Å². The summed E-state index contributed by atoms with van der Waals surface area (Å²) in [5.41, 5.74) is 0.298. The second-order valence-electron chi connectivity index (χ2n) is 4.05. The van der Waals surface area contributed by atoms with E-state index in [1.54, 1.807) is 12.4 Å². The van der Waals surface area contributed by atoms with Crippen molar-refractivity contribution in [3.8, 4) is 0 Å². The lowest BCUT2D eigenvalue weighted by molar-refractivity contribution is -0.0269. The molecule has 1 aliphatic rings. The third-order valence-corrected chi connectivity index (χ3v) is 3.36. The van der Waals surface area contributed by atoms with Crippen LogP contribution in [0.5, 0.6) is 0 Å². The van der Waals surface area contributed by atoms with E-state index in [1.807, 2.05) is 13.0 Å². The monoisotopic (exact) mass is 271 g/mol. The van der Waals surface area contributed by atoms with E-state index >= 15 is 0 Å². The van der Waals surface area contributed by atoms with Crippen molar-refractivity contribution in [1.29, 1.82) is 0 Å². The Hall–Kier alpha value is -0.450. The van der Waals surface area contributed by atoms with Crippen molar-refractivity contribution in [1.82, 2.24) is 4.98 Å². The highest BCUT2D eigenvalue weighted by Gasteiger charge is 2.39. The highest BCUT2D eigenvalue weighted by Crippen LogP contribution is 2.29. The highest BCUT2D eigenvalue weighted by atomic mass is 79.9. The molecular weight excluding hydrogens is 258 g/mol. The molecule has 0 bridgehead atoms. The Kier molecular flexibility index (Phi) is 3.09. The zero-order valence-electron chi connectivity index (χ0n) is 8.61. The van der Waals surface area contributed by atoms with Gasteiger partial charge in [0.1, 0.15) is 0 Å². The Morgan fingerprint density at radius 1 is 1.67 bits per heavy atom. The third kappa shape index (κ3) is 2.38. The van der Waals surface area contributed by atoms with Gasteiger partial charge in [0.15, 0.2) is 0 Å². The van der Waals surface area contributed by atoms with Gasteiger partial charge in [0, 0.05) is 36.3 Å². The number of rotatable bonds is 2. The predicted octanol–water partition coefficient (Wildman–Crippen LogP) is 1.93. The first-order chi connectivity index (χ1) is 7.10. The van der Waals surface area contributed by atoms with Gasteiger partial charge in [0.05, 0.1) is 11.7 Å². The Morgan fingerprint density at radius 2 is 2.47 bits per heavy atom. The third-order valence-electron chi connectivity index (χ3n) is 2.93. The molecule has 2 heterocycles. The van der Waals surface area contributed by atoms with E-state index in [1.165, 1.54) is 0 Å². The highest BCUT2D eigenvalue weighted by molar-refractivity contribution is 9.10. The smallest absolute Gasteiger partial charge is 0.0967 e. The molecule has 1 aliphatic heterocycles. The topological polar surface area (TPSA) is 42.4 Å². The van der Waals surface area contributed by atoms with Gasteiger partial charge in [-0.25, -0.2) is 0 Å². The van der Waals surface area contributed by atoms with Crippen LogP contribution in [0, 0.1) is 0 Å². The minimum Gasteiger partial charge on any atom is -0.387 e.